The molecule has 5 aromatic rings. The standard InChI is InChI=1S/C14H13N4.C11H8N.CN.Ir/c1-17-7-13(15-9-17)11-4-3-5-12(6-11)14-8-18(2)10-16-14;1-2-6-10(7-3-1)11-8-4-5-9-12-11;1-2;/h3-5,7-10H,1-2H3;1-6,8-9H;;/q3*-1;+3. The van der Waals surface area contributed by atoms with Gasteiger partial charge in [-0.15, -0.1) is 60.2 Å². The van der Waals surface area contributed by atoms with Crippen molar-refractivity contribution in [3.63, 3.8) is 0 Å². The van der Waals surface area contributed by atoms with Gasteiger partial charge in [-0.25, -0.2) is 0 Å². The van der Waals surface area contributed by atoms with E-state index >= 15 is 0 Å². The first kappa shape index (κ1) is 25.4. The van der Waals surface area contributed by atoms with Crippen LogP contribution in [0.1, 0.15) is 0 Å². The molecule has 0 saturated carbocycles. The average molecular weight is 610 g/mol. The van der Waals surface area contributed by atoms with Gasteiger partial charge in [0.15, 0.2) is 0 Å². The number of aryl methyl sites for hydroxylation is 2. The summed E-state index contributed by atoms with van der Waals surface area (Å²) in [6.45, 7) is 4.75. The predicted octanol–water partition coefficient (Wildman–Crippen LogP) is 4.93. The molecule has 0 N–H and O–H groups in total. The van der Waals surface area contributed by atoms with Crippen LogP contribution < -0.4 is 0 Å². The third-order valence-electron chi connectivity index (χ3n) is 4.41. The zero-order chi connectivity index (χ0) is 22.8. The number of imidazole rings is 2. The molecule has 2 aromatic carbocycles. The Bertz CT molecular complexity index is 1170. The molecule has 0 amide bonds. The summed E-state index contributed by atoms with van der Waals surface area (Å²) >= 11 is 0. The minimum atomic E-state index is 0. The van der Waals surface area contributed by atoms with Gasteiger partial charge in [0.2, 0.25) is 0 Å². The maximum atomic E-state index is 6.25. The van der Waals surface area contributed by atoms with Crippen LogP contribution in [0.25, 0.3) is 33.8 Å². The van der Waals surface area contributed by atoms with E-state index in [4.69, 9.17) is 11.8 Å². The van der Waals surface area contributed by atoms with Crippen LogP contribution >= 0.6 is 0 Å². The van der Waals surface area contributed by atoms with E-state index in [1.54, 1.807) is 18.9 Å². The van der Waals surface area contributed by atoms with Crippen molar-refractivity contribution >= 4 is 0 Å². The topological polar surface area (TPSA) is 72.3 Å². The van der Waals surface area contributed by atoms with Gasteiger partial charge < -0.3 is 26.0 Å². The number of rotatable bonds is 3. The van der Waals surface area contributed by atoms with Crippen molar-refractivity contribution in [2.24, 2.45) is 14.1 Å². The molecular formula is C26H21IrN6. The molecule has 33 heavy (non-hydrogen) atoms. The van der Waals surface area contributed by atoms with Crippen LogP contribution in [0.15, 0.2) is 91.9 Å². The first-order chi connectivity index (χ1) is 15.7. The van der Waals surface area contributed by atoms with Gasteiger partial charge in [-0.3, -0.25) is 9.97 Å². The van der Waals surface area contributed by atoms with Crippen molar-refractivity contribution < 1.29 is 20.1 Å². The molecule has 0 saturated heterocycles. The summed E-state index contributed by atoms with van der Waals surface area (Å²) in [5.74, 6) is 0. The van der Waals surface area contributed by atoms with E-state index in [2.05, 4.69) is 27.1 Å². The molecule has 0 aliphatic carbocycles. The molecule has 0 fully saturated rings. The van der Waals surface area contributed by atoms with Crippen molar-refractivity contribution in [1.82, 2.24) is 24.1 Å². The Morgan fingerprint density at radius 1 is 0.697 bits per heavy atom. The molecule has 3 heterocycles. The Balaban J connectivity index is 0.000000225. The quantitative estimate of drug-likeness (QED) is 0.272. The minimum Gasteiger partial charge on any atom is -0.512 e. The molecular weight excluding hydrogens is 589 g/mol. The van der Waals surface area contributed by atoms with E-state index in [1.165, 1.54) is 0 Å². The van der Waals surface area contributed by atoms with Gasteiger partial charge >= 0.3 is 20.1 Å². The zero-order valence-electron chi connectivity index (χ0n) is 18.2. The molecule has 164 valence electrons. The number of hydrogen-bond acceptors (Lipinski definition) is 4. The maximum Gasteiger partial charge on any atom is 3.00 e. The maximum absolute atomic E-state index is 6.25. The second-order valence-corrected chi connectivity index (χ2v) is 6.82. The van der Waals surface area contributed by atoms with Gasteiger partial charge in [-0.05, 0) is 24.2 Å². The van der Waals surface area contributed by atoms with Crippen LogP contribution in [0.5, 0.6) is 0 Å². The number of nitrogens with zero attached hydrogens (tertiary/aromatic N) is 6. The normalized spacial score (nSPS) is 9.45. The summed E-state index contributed by atoms with van der Waals surface area (Å²) in [7, 11) is 3.91. The first-order valence-corrected chi connectivity index (χ1v) is 9.78. The summed E-state index contributed by atoms with van der Waals surface area (Å²) in [6, 6.07) is 26.2. The van der Waals surface area contributed by atoms with E-state index in [-0.39, 0.29) is 20.1 Å². The van der Waals surface area contributed by atoms with Crippen LogP contribution in [-0.4, -0.2) is 24.1 Å². The van der Waals surface area contributed by atoms with Crippen molar-refractivity contribution in [3.8, 4) is 33.8 Å². The fraction of sp³-hybridized carbons (Fsp3) is 0.0769. The Morgan fingerprint density at radius 2 is 1.27 bits per heavy atom. The molecule has 7 heteroatoms. The SMILES string of the molecule is Cn1cnc(-c2[c-]c(-c3cn(C)cn3)ccc2)c1.[C-]#N.[Ir+3].[c-]1ccccc1-c1ccccn1. The smallest absolute Gasteiger partial charge is 0.512 e. The van der Waals surface area contributed by atoms with E-state index < -0.39 is 0 Å². The fourth-order valence-corrected chi connectivity index (χ4v) is 2.95. The van der Waals surface area contributed by atoms with Crippen LogP contribution in [0.3, 0.4) is 0 Å². The van der Waals surface area contributed by atoms with Crippen LogP contribution in [-0.2, 0) is 34.2 Å². The Morgan fingerprint density at radius 3 is 1.73 bits per heavy atom. The molecule has 6 nitrogen and oxygen atoms in total. The molecule has 5 rings (SSSR count). The van der Waals surface area contributed by atoms with Crippen LogP contribution in [0.2, 0.25) is 0 Å². The van der Waals surface area contributed by atoms with Crippen LogP contribution in [0, 0.1) is 24.0 Å². The number of benzene rings is 2. The third kappa shape index (κ3) is 7.08. The number of hydrogen-bond donors (Lipinski definition) is 0. The Hall–Kier alpha value is -3.85. The summed E-state index contributed by atoms with van der Waals surface area (Å²) < 4.78 is 3.85. The van der Waals surface area contributed by atoms with Gasteiger partial charge in [0, 0.05) is 31.7 Å². The zero-order valence-corrected chi connectivity index (χ0v) is 20.6. The molecule has 0 radical (unpaired) electrons. The monoisotopic (exact) mass is 610 g/mol. The van der Waals surface area contributed by atoms with E-state index in [9.17, 15) is 0 Å². The van der Waals surface area contributed by atoms with Gasteiger partial charge in [-0.2, -0.15) is 0 Å². The Kier molecular flexibility index (Phi) is 9.91. The summed E-state index contributed by atoms with van der Waals surface area (Å²) in [5.41, 5.74) is 5.83. The molecule has 0 aliphatic heterocycles. The van der Waals surface area contributed by atoms with Crippen LogP contribution in [0.4, 0.5) is 0 Å². The second kappa shape index (κ2) is 12.9. The van der Waals surface area contributed by atoms with Crippen molar-refractivity contribution in [2.75, 3.05) is 0 Å². The molecule has 0 aliphatic rings. The second-order valence-electron chi connectivity index (χ2n) is 6.82. The molecule has 3 aromatic heterocycles. The van der Waals surface area contributed by atoms with Crippen molar-refractivity contribution in [3.05, 3.63) is 111 Å². The molecule has 0 bridgehead atoms. The average Bonchev–Trinajstić information content (AvgIpc) is 3.50. The van der Waals surface area contributed by atoms with Crippen molar-refractivity contribution in [1.29, 1.82) is 5.26 Å². The van der Waals surface area contributed by atoms with E-state index in [0.29, 0.717) is 0 Å². The van der Waals surface area contributed by atoms with Gasteiger partial charge in [0.1, 0.15) is 0 Å². The minimum absolute atomic E-state index is 0. The fourth-order valence-electron chi connectivity index (χ4n) is 2.95. The van der Waals surface area contributed by atoms with E-state index in [0.717, 1.165) is 33.8 Å². The predicted molar refractivity (Wildman–Crippen MR) is 123 cm³/mol. The number of pyridine rings is 1. The van der Waals surface area contributed by atoms with Gasteiger partial charge in [0.25, 0.3) is 0 Å². The van der Waals surface area contributed by atoms with Gasteiger partial charge in [0.05, 0.1) is 12.7 Å². The molecule has 0 atom stereocenters. The molecule has 0 unspecified atom stereocenters. The largest absolute Gasteiger partial charge is 3.00 e. The van der Waals surface area contributed by atoms with E-state index in [1.807, 2.05) is 96.3 Å². The summed E-state index contributed by atoms with van der Waals surface area (Å²) in [6.07, 6.45) is 9.32. The first-order valence-electron chi connectivity index (χ1n) is 9.78. The van der Waals surface area contributed by atoms with Crippen molar-refractivity contribution in [2.45, 2.75) is 0 Å². The van der Waals surface area contributed by atoms with Gasteiger partial charge in [-0.1, -0.05) is 23.3 Å². The summed E-state index contributed by atoms with van der Waals surface area (Å²) in [5, 5.41) is 6.25. The summed E-state index contributed by atoms with van der Waals surface area (Å²) in [4.78, 5) is 12.9. The Labute approximate surface area is 207 Å². The third-order valence-corrected chi connectivity index (χ3v) is 4.41. The number of aromatic nitrogens is 5. The molecule has 0 spiro atoms.